The third-order valence-electron chi connectivity index (χ3n) is 3.15. The molecule has 1 aromatic heterocycles. The predicted molar refractivity (Wildman–Crippen MR) is 93.8 cm³/mol. The minimum atomic E-state index is 0.349. The van der Waals surface area contributed by atoms with Crippen LogP contribution in [-0.2, 0) is 0 Å². The maximum atomic E-state index is 6.12. The molecule has 0 atom stereocenters. The van der Waals surface area contributed by atoms with E-state index < -0.39 is 0 Å². The highest BCUT2D eigenvalue weighted by Crippen LogP contribution is 2.31. The molecule has 2 aromatic carbocycles. The van der Waals surface area contributed by atoms with Crippen molar-refractivity contribution in [3.8, 4) is 17.1 Å². The molecule has 0 aliphatic heterocycles. The monoisotopic (exact) mass is 345 g/mol. The number of benzene rings is 2. The van der Waals surface area contributed by atoms with Gasteiger partial charge < -0.3 is 10.1 Å². The average Bonchev–Trinajstić information content (AvgIpc) is 2.55. The first kappa shape index (κ1) is 15.6. The molecule has 0 aliphatic carbocycles. The molecule has 3 rings (SSSR count). The summed E-state index contributed by atoms with van der Waals surface area (Å²) in [5, 5.41) is 4.11. The summed E-state index contributed by atoms with van der Waals surface area (Å²) >= 11 is 12.2. The Morgan fingerprint density at radius 1 is 0.957 bits per heavy atom. The quantitative estimate of drug-likeness (QED) is 0.660. The Labute approximate surface area is 144 Å². The summed E-state index contributed by atoms with van der Waals surface area (Å²) in [5.74, 6) is 1.76. The van der Waals surface area contributed by atoms with Crippen LogP contribution in [-0.4, -0.2) is 17.1 Å². The van der Waals surface area contributed by atoms with E-state index in [1.54, 1.807) is 31.4 Å². The lowest BCUT2D eigenvalue weighted by atomic mass is 10.2. The molecular formula is C17H13Cl2N3O. The van der Waals surface area contributed by atoms with E-state index in [-0.39, 0.29) is 0 Å². The van der Waals surface area contributed by atoms with E-state index in [2.05, 4.69) is 15.3 Å². The Kier molecular flexibility index (Phi) is 4.65. The minimum Gasteiger partial charge on any atom is -0.495 e. The Morgan fingerprint density at radius 2 is 1.74 bits per heavy atom. The van der Waals surface area contributed by atoms with Crippen LogP contribution >= 0.6 is 23.2 Å². The molecule has 0 aliphatic rings. The average molecular weight is 346 g/mol. The van der Waals surface area contributed by atoms with Gasteiger partial charge in [0.05, 0.1) is 12.8 Å². The smallest absolute Gasteiger partial charge is 0.163 e. The maximum Gasteiger partial charge on any atom is 0.163 e. The van der Waals surface area contributed by atoms with Crippen LogP contribution in [0.5, 0.6) is 5.75 Å². The molecule has 23 heavy (non-hydrogen) atoms. The van der Waals surface area contributed by atoms with E-state index in [0.717, 1.165) is 5.56 Å². The molecule has 0 fully saturated rings. The van der Waals surface area contributed by atoms with Gasteiger partial charge in [-0.1, -0.05) is 53.5 Å². The fraction of sp³-hybridized carbons (Fsp3) is 0.0588. The minimum absolute atomic E-state index is 0.349. The van der Waals surface area contributed by atoms with Gasteiger partial charge in [-0.15, -0.1) is 0 Å². The number of halogens is 2. The lowest BCUT2D eigenvalue weighted by Gasteiger charge is -2.12. The standard InChI is InChI=1S/C17H13Cl2N3O/c1-23-14-8-7-12(18)9-13(14)20-16-10-15(19)21-17(22-16)11-5-3-2-4-6-11/h2-10H,1H3,(H,20,21,22). The molecule has 0 unspecified atom stereocenters. The van der Waals surface area contributed by atoms with Gasteiger partial charge in [-0.2, -0.15) is 0 Å². The largest absolute Gasteiger partial charge is 0.495 e. The molecule has 1 N–H and O–H groups in total. The molecule has 0 saturated heterocycles. The van der Waals surface area contributed by atoms with Gasteiger partial charge in [0.25, 0.3) is 0 Å². The molecule has 0 radical (unpaired) electrons. The van der Waals surface area contributed by atoms with Gasteiger partial charge in [-0.3, -0.25) is 0 Å². The maximum absolute atomic E-state index is 6.12. The van der Waals surface area contributed by atoms with Crippen LogP contribution in [0.4, 0.5) is 11.5 Å². The molecule has 0 saturated carbocycles. The van der Waals surface area contributed by atoms with E-state index in [1.165, 1.54) is 0 Å². The van der Waals surface area contributed by atoms with Crippen molar-refractivity contribution >= 4 is 34.7 Å². The Morgan fingerprint density at radius 3 is 2.48 bits per heavy atom. The number of methoxy groups -OCH3 is 1. The highest BCUT2D eigenvalue weighted by Gasteiger charge is 2.09. The van der Waals surface area contributed by atoms with Crippen molar-refractivity contribution in [3.05, 3.63) is 64.8 Å². The SMILES string of the molecule is COc1ccc(Cl)cc1Nc1cc(Cl)nc(-c2ccccc2)n1. The molecule has 1 heterocycles. The number of anilines is 2. The zero-order valence-corrected chi connectivity index (χ0v) is 13.8. The van der Waals surface area contributed by atoms with Gasteiger partial charge >= 0.3 is 0 Å². The van der Waals surface area contributed by atoms with E-state index in [0.29, 0.717) is 33.3 Å². The summed E-state index contributed by atoms with van der Waals surface area (Å²) in [7, 11) is 1.59. The summed E-state index contributed by atoms with van der Waals surface area (Å²) in [6.07, 6.45) is 0. The van der Waals surface area contributed by atoms with Gasteiger partial charge in [0.2, 0.25) is 0 Å². The molecule has 6 heteroatoms. The van der Waals surface area contributed by atoms with Crippen LogP contribution in [0.3, 0.4) is 0 Å². The van der Waals surface area contributed by atoms with Crippen LogP contribution in [0.15, 0.2) is 54.6 Å². The highest BCUT2D eigenvalue weighted by molar-refractivity contribution is 6.31. The Hall–Kier alpha value is -2.30. The number of ether oxygens (including phenoxy) is 1. The third kappa shape index (κ3) is 3.73. The lowest BCUT2D eigenvalue weighted by molar-refractivity contribution is 0.417. The van der Waals surface area contributed by atoms with Crippen LogP contribution in [0, 0.1) is 0 Å². The van der Waals surface area contributed by atoms with Crippen LogP contribution < -0.4 is 10.1 Å². The van der Waals surface area contributed by atoms with Crippen molar-refractivity contribution in [2.45, 2.75) is 0 Å². The predicted octanol–water partition coefficient (Wildman–Crippen LogP) is 5.20. The van der Waals surface area contributed by atoms with Gasteiger partial charge in [-0.05, 0) is 18.2 Å². The van der Waals surface area contributed by atoms with E-state index >= 15 is 0 Å². The van der Waals surface area contributed by atoms with E-state index in [9.17, 15) is 0 Å². The summed E-state index contributed by atoms with van der Waals surface area (Å²) in [5.41, 5.74) is 1.59. The first-order valence-electron chi connectivity index (χ1n) is 6.86. The number of hydrogen-bond acceptors (Lipinski definition) is 4. The number of nitrogens with one attached hydrogen (secondary N) is 1. The topological polar surface area (TPSA) is 47.0 Å². The second-order valence-corrected chi connectivity index (χ2v) is 5.56. The fourth-order valence-electron chi connectivity index (χ4n) is 2.11. The summed E-state index contributed by atoms with van der Waals surface area (Å²) in [4.78, 5) is 8.76. The van der Waals surface area contributed by atoms with Gasteiger partial charge in [0, 0.05) is 16.7 Å². The third-order valence-corrected chi connectivity index (χ3v) is 3.58. The molecular weight excluding hydrogens is 333 g/mol. The molecule has 0 bridgehead atoms. The number of nitrogens with zero attached hydrogens (tertiary/aromatic N) is 2. The van der Waals surface area contributed by atoms with E-state index in [4.69, 9.17) is 27.9 Å². The summed E-state index contributed by atoms with van der Waals surface area (Å²) < 4.78 is 5.32. The zero-order valence-electron chi connectivity index (χ0n) is 12.3. The zero-order chi connectivity index (χ0) is 16.2. The Balaban J connectivity index is 1.98. The lowest BCUT2D eigenvalue weighted by Crippen LogP contribution is -1.99. The van der Waals surface area contributed by atoms with Crippen molar-refractivity contribution in [1.29, 1.82) is 0 Å². The van der Waals surface area contributed by atoms with Crippen molar-refractivity contribution in [1.82, 2.24) is 9.97 Å². The van der Waals surface area contributed by atoms with Gasteiger partial charge in [-0.25, -0.2) is 9.97 Å². The molecule has 4 nitrogen and oxygen atoms in total. The van der Waals surface area contributed by atoms with Gasteiger partial charge in [0.1, 0.15) is 16.7 Å². The van der Waals surface area contributed by atoms with Gasteiger partial charge in [0.15, 0.2) is 5.82 Å². The summed E-state index contributed by atoms with van der Waals surface area (Å²) in [6, 6.07) is 16.6. The molecule has 0 spiro atoms. The molecule has 116 valence electrons. The number of aromatic nitrogens is 2. The second kappa shape index (κ2) is 6.86. The van der Waals surface area contributed by atoms with Crippen LogP contribution in [0.2, 0.25) is 10.2 Å². The fourth-order valence-corrected chi connectivity index (χ4v) is 2.47. The van der Waals surface area contributed by atoms with Crippen LogP contribution in [0.25, 0.3) is 11.4 Å². The Bertz CT molecular complexity index is 825. The second-order valence-electron chi connectivity index (χ2n) is 4.74. The van der Waals surface area contributed by atoms with Crippen molar-refractivity contribution < 1.29 is 4.74 Å². The first-order chi connectivity index (χ1) is 11.2. The van der Waals surface area contributed by atoms with Crippen molar-refractivity contribution in [2.24, 2.45) is 0 Å². The van der Waals surface area contributed by atoms with Crippen molar-refractivity contribution in [2.75, 3.05) is 12.4 Å². The first-order valence-corrected chi connectivity index (χ1v) is 7.62. The highest BCUT2D eigenvalue weighted by atomic mass is 35.5. The normalized spacial score (nSPS) is 10.4. The van der Waals surface area contributed by atoms with Crippen LogP contribution in [0.1, 0.15) is 0 Å². The summed E-state index contributed by atoms with van der Waals surface area (Å²) in [6.45, 7) is 0. The van der Waals surface area contributed by atoms with E-state index in [1.807, 2.05) is 30.3 Å². The number of rotatable bonds is 4. The molecule has 3 aromatic rings. The number of hydrogen-bond donors (Lipinski definition) is 1. The molecule has 0 amide bonds. The van der Waals surface area contributed by atoms with Crippen molar-refractivity contribution in [3.63, 3.8) is 0 Å².